The van der Waals surface area contributed by atoms with Crippen LogP contribution in [-0.2, 0) is 11.3 Å². The fourth-order valence-electron chi connectivity index (χ4n) is 2.81. The molecule has 3 N–H and O–H groups in total. The summed E-state index contributed by atoms with van der Waals surface area (Å²) in [6, 6.07) is 14.6. The quantitative estimate of drug-likeness (QED) is 0.551. The lowest BCUT2D eigenvalue weighted by Crippen LogP contribution is -2.35. The molecule has 1 heterocycles. The molecule has 0 radical (unpaired) electrons. The number of imide groups is 1. The monoisotopic (exact) mass is 362 g/mol. The molecule has 0 atom stereocenters. The summed E-state index contributed by atoms with van der Waals surface area (Å²) in [4.78, 5) is 22.8. The number of aromatic nitrogens is 1. The Morgan fingerprint density at radius 3 is 2.59 bits per heavy atom. The van der Waals surface area contributed by atoms with Crippen molar-refractivity contribution in [1.29, 1.82) is 5.26 Å². The van der Waals surface area contributed by atoms with Crippen LogP contribution in [0.5, 0.6) is 0 Å². The molecular formula is C20H15FN4O2. The zero-order valence-corrected chi connectivity index (χ0v) is 14.1. The predicted molar refractivity (Wildman–Crippen MR) is 98.8 cm³/mol. The lowest BCUT2D eigenvalue weighted by Gasteiger charge is -2.06. The second kappa shape index (κ2) is 7.54. The smallest absolute Gasteiger partial charge is 0.319 e. The van der Waals surface area contributed by atoms with E-state index in [2.05, 4.69) is 0 Å². The third-order valence-electron chi connectivity index (χ3n) is 4.02. The molecule has 0 saturated heterocycles. The molecule has 0 aliphatic heterocycles. The third-order valence-corrected chi connectivity index (χ3v) is 4.02. The highest BCUT2D eigenvalue weighted by Crippen LogP contribution is 2.25. The molecule has 0 aliphatic rings. The third kappa shape index (κ3) is 3.85. The number of amides is 3. The number of rotatable bonds is 4. The van der Waals surface area contributed by atoms with Gasteiger partial charge in [0.25, 0.3) is 5.91 Å². The first-order valence-electron chi connectivity index (χ1n) is 8.03. The Bertz CT molecular complexity index is 1110. The first-order chi connectivity index (χ1) is 13.0. The molecule has 0 fully saturated rings. The number of hydrogen-bond acceptors (Lipinski definition) is 3. The number of urea groups is 1. The summed E-state index contributed by atoms with van der Waals surface area (Å²) < 4.78 is 15.8. The van der Waals surface area contributed by atoms with Crippen LogP contribution in [0.2, 0.25) is 0 Å². The highest BCUT2D eigenvalue weighted by Gasteiger charge is 2.14. The number of nitrogens with two attached hydrogens (primary N) is 1. The Morgan fingerprint density at radius 2 is 1.89 bits per heavy atom. The number of carbonyl (C=O) groups is 2. The summed E-state index contributed by atoms with van der Waals surface area (Å²) in [7, 11) is 0. The number of para-hydroxylation sites is 1. The number of nitrogens with zero attached hydrogens (tertiary/aromatic N) is 2. The number of hydrogen-bond donors (Lipinski definition) is 2. The Balaban J connectivity index is 2.06. The number of fused-ring (bicyclic) bond motifs is 1. The van der Waals surface area contributed by atoms with Crippen molar-refractivity contribution in [2.24, 2.45) is 5.73 Å². The summed E-state index contributed by atoms with van der Waals surface area (Å²) in [5.41, 5.74) is 6.59. The molecule has 0 bridgehead atoms. The lowest BCUT2D eigenvalue weighted by atomic mass is 10.1. The van der Waals surface area contributed by atoms with Gasteiger partial charge in [-0.1, -0.05) is 36.4 Å². The zero-order chi connectivity index (χ0) is 19.4. The van der Waals surface area contributed by atoms with Crippen LogP contribution >= 0.6 is 0 Å². The summed E-state index contributed by atoms with van der Waals surface area (Å²) in [5, 5.41) is 11.9. The number of benzene rings is 2. The normalized spacial score (nSPS) is 11.2. The molecular weight excluding hydrogens is 347 g/mol. The van der Waals surface area contributed by atoms with Gasteiger partial charge in [0.1, 0.15) is 17.5 Å². The van der Waals surface area contributed by atoms with Crippen LogP contribution in [-0.4, -0.2) is 16.5 Å². The van der Waals surface area contributed by atoms with E-state index in [1.807, 2.05) is 34.1 Å². The van der Waals surface area contributed by atoms with Crippen molar-refractivity contribution >= 4 is 28.9 Å². The van der Waals surface area contributed by atoms with Crippen LogP contribution < -0.4 is 11.1 Å². The van der Waals surface area contributed by atoms with Crippen molar-refractivity contribution in [3.63, 3.8) is 0 Å². The minimum Gasteiger partial charge on any atom is -0.351 e. The highest BCUT2D eigenvalue weighted by atomic mass is 19.1. The van der Waals surface area contributed by atoms with Gasteiger partial charge in [0.05, 0.1) is 6.54 Å². The fourth-order valence-corrected chi connectivity index (χ4v) is 2.81. The summed E-state index contributed by atoms with van der Waals surface area (Å²) in [5.74, 6) is -1.19. The van der Waals surface area contributed by atoms with E-state index in [-0.39, 0.29) is 17.9 Å². The number of nitriles is 1. The number of primary amides is 1. The maximum absolute atomic E-state index is 14.0. The molecule has 3 rings (SSSR count). The summed E-state index contributed by atoms with van der Waals surface area (Å²) in [6.45, 7) is 0.288. The molecule has 27 heavy (non-hydrogen) atoms. The van der Waals surface area contributed by atoms with Crippen molar-refractivity contribution in [1.82, 2.24) is 9.88 Å². The van der Waals surface area contributed by atoms with Gasteiger partial charge in [0, 0.05) is 28.2 Å². The van der Waals surface area contributed by atoms with Gasteiger partial charge < -0.3 is 10.3 Å². The molecule has 2 aromatic carbocycles. The maximum Gasteiger partial charge on any atom is 0.319 e. The van der Waals surface area contributed by atoms with E-state index in [1.54, 1.807) is 30.5 Å². The van der Waals surface area contributed by atoms with Crippen LogP contribution in [0.1, 0.15) is 11.1 Å². The van der Waals surface area contributed by atoms with Gasteiger partial charge in [-0.3, -0.25) is 10.1 Å². The highest BCUT2D eigenvalue weighted by molar-refractivity contribution is 6.09. The average molecular weight is 362 g/mol. The van der Waals surface area contributed by atoms with Crippen molar-refractivity contribution in [2.75, 3.05) is 0 Å². The number of halogens is 1. The molecule has 0 aliphatic carbocycles. The van der Waals surface area contributed by atoms with Crippen molar-refractivity contribution in [3.05, 3.63) is 77.2 Å². The molecule has 134 valence electrons. The molecule has 7 heteroatoms. The first kappa shape index (κ1) is 17.9. The van der Waals surface area contributed by atoms with E-state index in [9.17, 15) is 19.2 Å². The standard InChI is InChI=1S/C20H15FN4O2/c21-17-7-3-1-5-13(17)11-25-12-15(16-6-2-4-8-18(16)25)9-14(10-22)19(26)24-20(23)27/h1-9,12H,11H2,(H3,23,24,26,27)/b14-9-. The number of carbonyl (C=O) groups excluding carboxylic acids is 2. The van der Waals surface area contributed by atoms with E-state index in [1.165, 1.54) is 12.1 Å². The maximum atomic E-state index is 14.0. The van der Waals surface area contributed by atoms with Gasteiger partial charge in [0.2, 0.25) is 0 Å². The average Bonchev–Trinajstić information content (AvgIpc) is 2.98. The van der Waals surface area contributed by atoms with Crippen LogP contribution in [0, 0.1) is 17.1 Å². The van der Waals surface area contributed by atoms with Gasteiger partial charge in [-0.15, -0.1) is 0 Å². The van der Waals surface area contributed by atoms with Crippen molar-refractivity contribution in [2.45, 2.75) is 6.54 Å². The largest absolute Gasteiger partial charge is 0.351 e. The Morgan fingerprint density at radius 1 is 1.19 bits per heavy atom. The fraction of sp³-hybridized carbons (Fsp3) is 0.0500. The van der Waals surface area contributed by atoms with Crippen LogP contribution in [0.15, 0.2) is 60.3 Å². The van der Waals surface area contributed by atoms with Crippen molar-refractivity contribution < 1.29 is 14.0 Å². The van der Waals surface area contributed by atoms with E-state index in [0.29, 0.717) is 11.1 Å². The summed E-state index contributed by atoms with van der Waals surface area (Å²) >= 11 is 0. The molecule has 1 aromatic heterocycles. The van der Waals surface area contributed by atoms with Gasteiger partial charge >= 0.3 is 6.03 Å². The number of nitrogens with one attached hydrogen (secondary N) is 1. The van der Waals surface area contributed by atoms with Crippen LogP contribution in [0.25, 0.3) is 17.0 Å². The molecule has 0 saturated carbocycles. The Hall–Kier alpha value is -3.92. The second-order valence-corrected chi connectivity index (χ2v) is 5.81. The Kier molecular flexibility index (Phi) is 4.99. The van der Waals surface area contributed by atoms with Gasteiger partial charge in [-0.05, 0) is 18.2 Å². The molecule has 3 amide bonds. The van der Waals surface area contributed by atoms with E-state index < -0.39 is 11.9 Å². The molecule has 0 spiro atoms. The van der Waals surface area contributed by atoms with Crippen molar-refractivity contribution in [3.8, 4) is 6.07 Å². The summed E-state index contributed by atoms with van der Waals surface area (Å²) in [6.07, 6.45) is 3.10. The second-order valence-electron chi connectivity index (χ2n) is 5.81. The van der Waals surface area contributed by atoms with E-state index in [0.717, 1.165) is 10.9 Å². The molecule has 6 nitrogen and oxygen atoms in total. The minimum atomic E-state index is -1.04. The van der Waals surface area contributed by atoms with E-state index in [4.69, 9.17) is 5.73 Å². The van der Waals surface area contributed by atoms with Crippen LogP contribution in [0.4, 0.5) is 9.18 Å². The van der Waals surface area contributed by atoms with E-state index >= 15 is 0 Å². The first-order valence-corrected chi connectivity index (χ1v) is 8.03. The molecule has 3 aromatic rings. The van der Waals surface area contributed by atoms with Gasteiger partial charge in [-0.25, -0.2) is 9.18 Å². The lowest BCUT2D eigenvalue weighted by molar-refractivity contribution is -0.115. The topological polar surface area (TPSA) is 101 Å². The zero-order valence-electron chi connectivity index (χ0n) is 14.1. The SMILES string of the molecule is N#C/C(=C/c1cn(Cc2ccccc2F)c2ccccc12)C(=O)NC(N)=O. The van der Waals surface area contributed by atoms with Gasteiger partial charge in [-0.2, -0.15) is 5.26 Å². The van der Waals surface area contributed by atoms with Crippen LogP contribution in [0.3, 0.4) is 0 Å². The van der Waals surface area contributed by atoms with Gasteiger partial charge in [0.15, 0.2) is 0 Å². The predicted octanol–water partition coefficient (Wildman–Crippen LogP) is 2.93. The minimum absolute atomic E-state index is 0.261. The Labute approximate surface area is 154 Å². The molecule has 0 unspecified atom stereocenters.